The fraction of sp³-hybridized carbons (Fsp3) is 0.318. The van der Waals surface area contributed by atoms with Crippen LogP contribution in [-0.2, 0) is 20.9 Å². The Morgan fingerprint density at radius 3 is 2.93 bits per heavy atom. The molecule has 2 aromatic rings. The summed E-state index contributed by atoms with van der Waals surface area (Å²) in [5.41, 5.74) is 2.98. The van der Waals surface area contributed by atoms with Crippen molar-refractivity contribution in [1.82, 2.24) is 0 Å². The van der Waals surface area contributed by atoms with Gasteiger partial charge in [0.15, 0.2) is 0 Å². The average Bonchev–Trinajstić information content (AvgIpc) is 3.09. The molecule has 27 heavy (non-hydrogen) atoms. The Bertz CT molecular complexity index is 862. The predicted octanol–water partition coefficient (Wildman–Crippen LogP) is 3.30. The van der Waals surface area contributed by atoms with Gasteiger partial charge in [0.05, 0.1) is 20.1 Å². The maximum atomic E-state index is 11.5. The topological polar surface area (TPSA) is 54.0 Å². The molecule has 0 saturated heterocycles. The molecule has 0 N–H and O–H groups in total. The summed E-state index contributed by atoms with van der Waals surface area (Å²) in [7, 11) is 3.02. The van der Waals surface area contributed by atoms with E-state index in [1.807, 2.05) is 42.5 Å². The maximum Gasteiger partial charge on any atom is 0.306 e. The lowest BCUT2D eigenvalue weighted by Gasteiger charge is -2.09. The van der Waals surface area contributed by atoms with Crippen LogP contribution in [0.15, 0.2) is 42.5 Å². The van der Waals surface area contributed by atoms with Gasteiger partial charge in [0, 0.05) is 30.2 Å². The zero-order valence-corrected chi connectivity index (χ0v) is 15.5. The highest BCUT2D eigenvalue weighted by Crippen LogP contribution is 2.38. The van der Waals surface area contributed by atoms with Gasteiger partial charge in [-0.05, 0) is 23.8 Å². The number of carbonyl (C=O) groups is 1. The molecule has 3 rings (SSSR count). The van der Waals surface area contributed by atoms with Crippen molar-refractivity contribution in [2.75, 3.05) is 27.4 Å². The van der Waals surface area contributed by atoms with E-state index < -0.39 is 0 Å². The Kier molecular flexibility index (Phi) is 6.35. The Morgan fingerprint density at radius 1 is 1.22 bits per heavy atom. The molecule has 1 atom stereocenters. The van der Waals surface area contributed by atoms with Crippen LogP contribution in [0.5, 0.6) is 11.5 Å². The van der Waals surface area contributed by atoms with E-state index in [-0.39, 0.29) is 11.9 Å². The first-order valence-electron chi connectivity index (χ1n) is 8.72. The fourth-order valence-electron chi connectivity index (χ4n) is 2.92. The Balaban J connectivity index is 1.62. The van der Waals surface area contributed by atoms with Gasteiger partial charge in [0.25, 0.3) is 0 Å². The summed E-state index contributed by atoms with van der Waals surface area (Å²) in [5.74, 6) is 7.28. The highest BCUT2D eigenvalue weighted by Gasteiger charge is 2.27. The van der Waals surface area contributed by atoms with Gasteiger partial charge in [0.1, 0.15) is 24.7 Å². The summed E-state index contributed by atoms with van der Waals surface area (Å²) in [6.45, 7) is 1.33. The summed E-state index contributed by atoms with van der Waals surface area (Å²) in [6, 6.07) is 13.6. The summed E-state index contributed by atoms with van der Waals surface area (Å²) in [5, 5.41) is 0. The molecule has 0 fully saturated rings. The quantitative estimate of drug-likeness (QED) is 0.580. The summed E-state index contributed by atoms with van der Waals surface area (Å²) >= 11 is 0. The molecule has 1 aliphatic rings. The Labute approximate surface area is 159 Å². The summed E-state index contributed by atoms with van der Waals surface area (Å²) in [6.07, 6.45) is 0.320. The van der Waals surface area contributed by atoms with Gasteiger partial charge >= 0.3 is 5.97 Å². The number of hydrogen-bond acceptors (Lipinski definition) is 5. The third kappa shape index (κ3) is 5.02. The molecule has 0 aromatic heterocycles. The van der Waals surface area contributed by atoms with Crippen LogP contribution in [0.25, 0.3) is 0 Å². The molecule has 5 heteroatoms. The number of rotatable bonds is 6. The highest BCUT2D eigenvalue weighted by atomic mass is 16.5. The number of carbonyl (C=O) groups excluding carboxylic acids is 1. The first-order chi connectivity index (χ1) is 13.2. The normalized spacial score (nSPS) is 14.5. The van der Waals surface area contributed by atoms with Crippen LogP contribution in [0.4, 0.5) is 0 Å². The fourth-order valence-corrected chi connectivity index (χ4v) is 2.92. The monoisotopic (exact) mass is 366 g/mol. The van der Waals surface area contributed by atoms with Crippen molar-refractivity contribution in [3.8, 4) is 23.3 Å². The molecule has 0 amide bonds. The second-order valence-corrected chi connectivity index (χ2v) is 6.21. The van der Waals surface area contributed by atoms with Crippen LogP contribution in [0.2, 0.25) is 0 Å². The van der Waals surface area contributed by atoms with E-state index in [1.165, 1.54) is 7.11 Å². The van der Waals surface area contributed by atoms with E-state index >= 15 is 0 Å². The predicted molar refractivity (Wildman–Crippen MR) is 101 cm³/mol. The van der Waals surface area contributed by atoms with Crippen molar-refractivity contribution in [2.45, 2.75) is 18.9 Å². The number of esters is 1. The zero-order valence-electron chi connectivity index (χ0n) is 15.5. The molecule has 0 radical (unpaired) electrons. The second kappa shape index (κ2) is 9.11. The van der Waals surface area contributed by atoms with Crippen LogP contribution >= 0.6 is 0 Å². The van der Waals surface area contributed by atoms with E-state index in [4.69, 9.17) is 18.9 Å². The molecule has 2 aromatic carbocycles. The largest absolute Gasteiger partial charge is 0.492 e. The smallest absolute Gasteiger partial charge is 0.306 e. The lowest BCUT2D eigenvalue weighted by atomic mass is 9.98. The van der Waals surface area contributed by atoms with E-state index in [1.54, 1.807) is 7.11 Å². The number of fused-ring (bicyclic) bond motifs is 1. The molecule has 140 valence electrons. The second-order valence-electron chi connectivity index (χ2n) is 6.21. The van der Waals surface area contributed by atoms with Crippen LogP contribution in [0, 0.1) is 11.8 Å². The lowest BCUT2D eigenvalue weighted by Crippen LogP contribution is -2.09. The number of ether oxygens (including phenoxy) is 4. The minimum Gasteiger partial charge on any atom is -0.492 e. The molecular weight excluding hydrogens is 344 g/mol. The molecule has 1 unspecified atom stereocenters. The van der Waals surface area contributed by atoms with Crippen molar-refractivity contribution in [3.05, 3.63) is 59.2 Å². The molecular formula is C22H22O5. The zero-order chi connectivity index (χ0) is 19.1. The van der Waals surface area contributed by atoms with Crippen molar-refractivity contribution in [1.29, 1.82) is 0 Å². The van der Waals surface area contributed by atoms with E-state index in [2.05, 4.69) is 11.8 Å². The molecule has 1 heterocycles. The van der Waals surface area contributed by atoms with E-state index in [0.717, 1.165) is 28.2 Å². The van der Waals surface area contributed by atoms with Gasteiger partial charge in [-0.1, -0.05) is 30.0 Å². The Hall–Kier alpha value is -2.97. The molecule has 1 aliphatic heterocycles. The SMILES string of the molecule is COCC#Cc1cccc(COc2ccc3c(c2)OCC3CC(=O)OC)c1. The number of benzene rings is 2. The Morgan fingerprint density at radius 2 is 2.11 bits per heavy atom. The summed E-state index contributed by atoms with van der Waals surface area (Å²) < 4.78 is 21.3. The third-order valence-electron chi connectivity index (χ3n) is 4.29. The minimum atomic E-state index is -0.231. The van der Waals surface area contributed by atoms with Crippen molar-refractivity contribution in [2.24, 2.45) is 0 Å². The van der Waals surface area contributed by atoms with Gasteiger partial charge in [-0.3, -0.25) is 4.79 Å². The first kappa shape index (κ1) is 18.8. The van der Waals surface area contributed by atoms with E-state index in [9.17, 15) is 4.79 Å². The summed E-state index contributed by atoms with van der Waals surface area (Å²) in [4.78, 5) is 11.5. The molecule has 0 spiro atoms. The molecule has 5 nitrogen and oxygen atoms in total. The standard InChI is InChI=1S/C22H22O5/c1-24-10-4-7-16-5-3-6-17(11-16)14-26-19-8-9-20-18(12-22(23)25-2)15-27-21(20)13-19/h3,5-6,8-9,11,13,18H,10,12,14-15H2,1-2H3. The minimum absolute atomic E-state index is 0.0313. The van der Waals surface area contributed by atoms with E-state index in [0.29, 0.717) is 26.2 Å². The number of methoxy groups -OCH3 is 2. The first-order valence-corrected chi connectivity index (χ1v) is 8.72. The lowest BCUT2D eigenvalue weighted by molar-refractivity contribution is -0.141. The maximum absolute atomic E-state index is 11.5. The number of hydrogen-bond donors (Lipinski definition) is 0. The van der Waals surface area contributed by atoms with Gasteiger partial charge in [-0.25, -0.2) is 0 Å². The van der Waals surface area contributed by atoms with Crippen LogP contribution in [0.1, 0.15) is 29.0 Å². The third-order valence-corrected chi connectivity index (χ3v) is 4.29. The van der Waals surface area contributed by atoms with Crippen LogP contribution < -0.4 is 9.47 Å². The van der Waals surface area contributed by atoms with Crippen molar-refractivity contribution >= 4 is 5.97 Å². The average molecular weight is 366 g/mol. The van der Waals surface area contributed by atoms with Gasteiger partial charge < -0.3 is 18.9 Å². The van der Waals surface area contributed by atoms with Crippen molar-refractivity contribution in [3.63, 3.8) is 0 Å². The van der Waals surface area contributed by atoms with Crippen LogP contribution in [-0.4, -0.2) is 33.4 Å². The molecule has 0 aliphatic carbocycles. The van der Waals surface area contributed by atoms with Gasteiger partial charge in [-0.15, -0.1) is 0 Å². The molecule has 0 saturated carbocycles. The highest BCUT2D eigenvalue weighted by molar-refractivity contribution is 5.71. The van der Waals surface area contributed by atoms with Gasteiger partial charge in [0.2, 0.25) is 0 Å². The van der Waals surface area contributed by atoms with Crippen LogP contribution in [0.3, 0.4) is 0 Å². The van der Waals surface area contributed by atoms with Crippen molar-refractivity contribution < 1.29 is 23.7 Å². The molecule has 0 bridgehead atoms. The van der Waals surface area contributed by atoms with Gasteiger partial charge in [-0.2, -0.15) is 0 Å².